The number of thiophene rings is 1. The van der Waals surface area contributed by atoms with Gasteiger partial charge in [-0.1, -0.05) is 19.9 Å². The fraction of sp³-hybridized carbons (Fsp3) is 0.500. The highest BCUT2D eigenvalue weighted by Crippen LogP contribution is 2.43. The molecule has 0 aliphatic carbocycles. The van der Waals surface area contributed by atoms with Gasteiger partial charge in [-0.2, -0.15) is 0 Å². The standard InChI is InChI=1S/C14H23N3OS2/c1-6-7-16-13(18)11-10(15)12(19-5)14(20-11)17(4)8-9(2)3/h6,9H,1,7-8,15H2,2-5H3,(H,16,18). The van der Waals surface area contributed by atoms with Gasteiger partial charge in [0.1, 0.15) is 9.88 Å². The zero-order valence-corrected chi connectivity index (χ0v) is 14.2. The molecular weight excluding hydrogens is 290 g/mol. The van der Waals surface area contributed by atoms with E-state index in [4.69, 9.17) is 5.73 Å². The maximum Gasteiger partial charge on any atom is 0.263 e. The van der Waals surface area contributed by atoms with Crippen molar-refractivity contribution in [3.63, 3.8) is 0 Å². The Kier molecular flexibility index (Phi) is 6.42. The van der Waals surface area contributed by atoms with E-state index in [0.717, 1.165) is 16.4 Å². The third-order valence-electron chi connectivity index (χ3n) is 2.69. The second-order valence-electron chi connectivity index (χ2n) is 4.96. The van der Waals surface area contributed by atoms with Crippen LogP contribution in [0.25, 0.3) is 0 Å². The normalized spacial score (nSPS) is 10.7. The molecule has 0 unspecified atom stereocenters. The van der Waals surface area contributed by atoms with Crippen LogP contribution in [0.5, 0.6) is 0 Å². The number of carbonyl (C=O) groups is 1. The molecule has 1 aromatic heterocycles. The van der Waals surface area contributed by atoms with Gasteiger partial charge in [-0.3, -0.25) is 4.79 Å². The predicted octanol–water partition coefficient (Wildman–Crippen LogP) is 3.06. The van der Waals surface area contributed by atoms with Crippen LogP contribution in [0.1, 0.15) is 23.5 Å². The molecule has 1 aromatic rings. The highest BCUT2D eigenvalue weighted by molar-refractivity contribution is 7.99. The molecule has 0 radical (unpaired) electrons. The maximum absolute atomic E-state index is 12.1. The summed E-state index contributed by atoms with van der Waals surface area (Å²) in [6.45, 7) is 9.31. The summed E-state index contributed by atoms with van der Waals surface area (Å²) in [7, 11) is 2.04. The molecule has 1 amide bonds. The van der Waals surface area contributed by atoms with Crippen molar-refractivity contribution in [1.29, 1.82) is 0 Å². The van der Waals surface area contributed by atoms with Gasteiger partial charge in [0.05, 0.1) is 10.6 Å². The van der Waals surface area contributed by atoms with Crippen molar-refractivity contribution in [3.8, 4) is 0 Å². The van der Waals surface area contributed by atoms with Gasteiger partial charge in [0, 0.05) is 20.1 Å². The number of rotatable bonds is 7. The van der Waals surface area contributed by atoms with Crippen LogP contribution in [0, 0.1) is 5.92 Å². The molecule has 3 N–H and O–H groups in total. The van der Waals surface area contributed by atoms with Crippen LogP contribution in [0.3, 0.4) is 0 Å². The average molecular weight is 313 g/mol. The molecule has 0 aliphatic heterocycles. The molecule has 1 heterocycles. The van der Waals surface area contributed by atoms with Gasteiger partial charge in [-0.25, -0.2) is 0 Å². The fourth-order valence-electron chi connectivity index (χ4n) is 1.91. The van der Waals surface area contributed by atoms with E-state index in [-0.39, 0.29) is 5.91 Å². The number of nitrogens with one attached hydrogen (secondary N) is 1. The Morgan fingerprint density at radius 1 is 1.60 bits per heavy atom. The molecule has 6 heteroatoms. The van der Waals surface area contributed by atoms with Gasteiger partial charge < -0.3 is 16.0 Å². The zero-order chi connectivity index (χ0) is 15.3. The van der Waals surface area contributed by atoms with Gasteiger partial charge in [-0.05, 0) is 12.2 Å². The highest BCUT2D eigenvalue weighted by atomic mass is 32.2. The summed E-state index contributed by atoms with van der Waals surface area (Å²) in [5.74, 6) is 0.419. The van der Waals surface area contributed by atoms with Gasteiger partial charge in [0.2, 0.25) is 0 Å². The SMILES string of the molecule is C=CCNC(=O)c1sc(N(C)CC(C)C)c(SC)c1N. The van der Waals surface area contributed by atoms with E-state index >= 15 is 0 Å². The van der Waals surface area contributed by atoms with Crippen molar-refractivity contribution in [2.75, 3.05) is 37.0 Å². The van der Waals surface area contributed by atoms with Crippen LogP contribution < -0.4 is 16.0 Å². The van der Waals surface area contributed by atoms with E-state index in [1.165, 1.54) is 11.3 Å². The number of thioether (sulfide) groups is 1. The highest BCUT2D eigenvalue weighted by Gasteiger charge is 2.22. The molecule has 0 saturated carbocycles. The van der Waals surface area contributed by atoms with E-state index in [0.29, 0.717) is 23.0 Å². The molecule has 0 saturated heterocycles. The quantitative estimate of drug-likeness (QED) is 0.600. The molecule has 0 atom stereocenters. The first-order valence-electron chi connectivity index (χ1n) is 6.48. The number of carbonyl (C=O) groups excluding carboxylic acids is 1. The van der Waals surface area contributed by atoms with Crippen LogP contribution in [0.15, 0.2) is 17.6 Å². The molecule has 1 rings (SSSR count). The number of nitrogen functional groups attached to an aromatic ring is 1. The number of amides is 1. The molecule has 0 spiro atoms. The van der Waals surface area contributed by atoms with Crippen molar-refractivity contribution < 1.29 is 4.79 Å². The topological polar surface area (TPSA) is 58.4 Å². The fourth-order valence-corrected chi connectivity index (χ4v) is 4.00. The Labute approximate surface area is 129 Å². The molecular formula is C14H23N3OS2. The summed E-state index contributed by atoms with van der Waals surface area (Å²) in [4.78, 5) is 15.8. The van der Waals surface area contributed by atoms with E-state index < -0.39 is 0 Å². The first-order valence-corrected chi connectivity index (χ1v) is 8.52. The lowest BCUT2D eigenvalue weighted by atomic mass is 10.2. The Bertz CT molecular complexity index is 483. The van der Waals surface area contributed by atoms with Crippen molar-refractivity contribution in [3.05, 3.63) is 17.5 Å². The lowest BCUT2D eigenvalue weighted by Gasteiger charge is -2.20. The maximum atomic E-state index is 12.1. The number of anilines is 2. The molecule has 0 bridgehead atoms. The summed E-state index contributed by atoms with van der Waals surface area (Å²) in [6.07, 6.45) is 3.64. The average Bonchev–Trinajstić information content (AvgIpc) is 2.72. The van der Waals surface area contributed by atoms with Crippen LogP contribution >= 0.6 is 23.1 Å². The summed E-state index contributed by atoms with van der Waals surface area (Å²) in [5, 5.41) is 3.84. The van der Waals surface area contributed by atoms with Crippen LogP contribution in [0.4, 0.5) is 10.7 Å². The number of hydrogen-bond donors (Lipinski definition) is 2. The van der Waals surface area contributed by atoms with Crippen molar-refractivity contribution in [2.45, 2.75) is 18.7 Å². The molecule has 112 valence electrons. The molecule has 20 heavy (non-hydrogen) atoms. The van der Waals surface area contributed by atoms with Crippen LogP contribution in [-0.2, 0) is 0 Å². The zero-order valence-electron chi connectivity index (χ0n) is 12.5. The molecule has 0 fully saturated rings. The Morgan fingerprint density at radius 3 is 2.75 bits per heavy atom. The summed E-state index contributed by atoms with van der Waals surface area (Å²) < 4.78 is 0. The van der Waals surface area contributed by atoms with Crippen LogP contribution in [0.2, 0.25) is 0 Å². The monoisotopic (exact) mass is 313 g/mol. The van der Waals surface area contributed by atoms with E-state index in [2.05, 4.69) is 30.6 Å². The third kappa shape index (κ3) is 3.93. The third-order valence-corrected chi connectivity index (χ3v) is 4.95. The van der Waals surface area contributed by atoms with E-state index in [1.54, 1.807) is 17.8 Å². The second-order valence-corrected chi connectivity index (χ2v) is 6.77. The summed E-state index contributed by atoms with van der Waals surface area (Å²) in [6, 6.07) is 0. The minimum Gasteiger partial charge on any atom is -0.396 e. The smallest absolute Gasteiger partial charge is 0.263 e. The minimum atomic E-state index is -0.133. The van der Waals surface area contributed by atoms with Gasteiger partial charge in [0.15, 0.2) is 0 Å². The summed E-state index contributed by atoms with van der Waals surface area (Å²) >= 11 is 3.04. The number of hydrogen-bond acceptors (Lipinski definition) is 5. The summed E-state index contributed by atoms with van der Waals surface area (Å²) in [5.41, 5.74) is 6.71. The second kappa shape index (κ2) is 7.59. The Hall–Kier alpha value is -1.14. The Morgan fingerprint density at radius 2 is 2.25 bits per heavy atom. The number of nitrogens with zero attached hydrogens (tertiary/aromatic N) is 1. The first-order chi connectivity index (χ1) is 9.42. The van der Waals surface area contributed by atoms with Crippen molar-refractivity contribution >= 4 is 39.7 Å². The largest absolute Gasteiger partial charge is 0.396 e. The van der Waals surface area contributed by atoms with Crippen molar-refractivity contribution in [1.82, 2.24) is 5.32 Å². The lowest BCUT2D eigenvalue weighted by Crippen LogP contribution is -2.23. The van der Waals surface area contributed by atoms with Crippen LogP contribution in [-0.4, -0.2) is 32.3 Å². The van der Waals surface area contributed by atoms with Crippen molar-refractivity contribution in [2.24, 2.45) is 5.92 Å². The molecule has 4 nitrogen and oxygen atoms in total. The Balaban J connectivity index is 3.07. The minimum absolute atomic E-state index is 0.133. The predicted molar refractivity (Wildman–Crippen MR) is 91.2 cm³/mol. The lowest BCUT2D eigenvalue weighted by molar-refractivity contribution is 0.0963. The number of nitrogens with two attached hydrogens (primary N) is 1. The van der Waals surface area contributed by atoms with E-state index in [1.807, 2.05) is 13.3 Å². The van der Waals surface area contributed by atoms with E-state index in [9.17, 15) is 4.79 Å². The van der Waals surface area contributed by atoms with Gasteiger partial charge in [0.25, 0.3) is 5.91 Å². The first kappa shape index (κ1) is 16.9. The molecule has 0 aromatic carbocycles. The van der Waals surface area contributed by atoms with Gasteiger partial charge >= 0.3 is 0 Å². The van der Waals surface area contributed by atoms with Gasteiger partial charge in [-0.15, -0.1) is 29.7 Å². The molecule has 0 aliphatic rings.